The maximum atomic E-state index is 11.1. The lowest BCUT2D eigenvalue weighted by molar-refractivity contribution is -0.0253. The number of rotatable bonds is 3. The van der Waals surface area contributed by atoms with E-state index in [0.29, 0.717) is 11.4 Å². The van der Waals surface area contributed by atoms with Gasteiger partial charge in [-0.25, -0.2) is 0 Å². The van der Waals surface area contributed by atoms with Crippen LogP contribution in [0, 0.1) is 6.92 Å². The largest absolute Gasteiger partial charge is 0.394 e. The van der Waals surface area contributed by atoms with Gasteiger partial charge in [0, 0.05) is 12.8 Å². The molecule has 2 heterocycles. The van der Waals surface area contributed by atoms with E-state index in [9.17, 15) is 9.90 Å². The molecule has 0 bridgehead atoms. The maximum Gasteiger partial charge on any atom is 0.266 e. The summed E-state index contributed by atoms with van der Waals surface area (Å²) in [5.74, 6) is 0. The normalized spacial score (nSPS) is 31.8. The van der Waals surface area contributed by atoms with Crippen molar-refractivity contribution in [2.45, 2.75) is 31.3 Å². The Labute approximate surface area is 103 Å². The summed E-state index contributed by atoms with van der Waals surface area (Å²) in [5, 5.41) is 19.0. The van der Waals surface area contributed by atoms with Crippen molar-refractivity contribution >= 4 is 0 Å². The van der Waals surface area contributed by atoms with E-state index in [1.807, 2.05) is 0 Å². The van der Waals surface area contributed by atoms with Crippen molar-refractivity contribution in [3.8, 4) is 0 Å². The minimum absolute atomic E-state index is 0.303. The van der Waals surface area contributed by atoms with Gasteiger partial charge in [-0.05, 0) is 6.92 Å². The summed E-state index contributed by atoms with van der Waals surface area (Å²) in [6, 6.07) is 0. The first-order valence-corrected chi connectivity index (χ1v) is 5.61. The van der Waals surface area contributed by atoms with E-state index in [1.165, 1.54) is 7.11 Å². The minimum atomic E-state index is -0.932. The van der Waals surface area contributed by atoms with Gasteiger partial charge in [-0.2, -0.15) is 0 Å². The Hall–Kier alpha value is -1.28. The van der Waals surface area contributed by atoms with Gasteiger partial charge in [0.1, 0.15) is 24.4 Å². The molecule has 0 spiro atoms. The van der Waals surface area contributed by atoms with Crippen LogP contribution in [0.15, 0.2) is 11.0 Å². The highest BCUT2D eigenvalue weighted by Gasteiger charge is 2.45. The van der Waals surface area contributed by atoms with Gasteiger partial charge < -0.3 is 24.7 Å². The van der Waals surface area contributed by atoms with Crippen LogP contribution in [-0.2, 0) is 9.47 Å². The average molecular weight is 256 g/mol. The molecular weight excluding hydrogens is 240 g/mol. The molecule has 0 saturated carbocycles. The van der Waals surface area contributed by atoms with E-state index in [-0.39, 0.29) is 12.2 Å². The Balaban J connectivity index is 2.34. The summed E-state index contributed by atoms with van der Waals surface area (Å²) in [6.07, 6.45) is -1.73. The summed E-state index contributed by atoms with van der Waals surface area (Å²) in [4.78, 5) is 17.7. The van der Waals surface area contributed by atoms with Crippen LogP contribution >= 0.6 is 0 Å². The SMILES string of the molecule is COC1C(c2ncc(=O)[nH]c2C)OC(CO)C1O. The molecular formula is C11H16N2O5. The first kappa shape index (κ1) is 13.2. The second kappa shape index (κ2) is 5.15. The first-order valence-electron chi connectivity index (χ1n) is 5.61. The number of H-pyrrole nitrogens is 1. The first-order chi connectivity index (χ1) is 8.58. The molecule has 1 aliphatic heterocycles. The van der Waals surface area contributed by atoms with Crippen molar-refractivity contribution in [2.75, 3.05) is 13.7 Å². The zero-order chi connectivity index (χ0) is 13.3. The molecule has 1 aromatic heterocycles. The molecule has 0 amide bonds. The second-order valence-electron chi connectivity index (χ2n) is 4.23. The number of aliphatic hydroxyl groups excluding tert-OH is 2. The standard InChI is InChI=1S/C11H16N2O5/c1-5-8(12-3-7(15)13-5)10-11(17-2)9(16)6(4-14)18-10/h3,6,9-11,14,16H,4H2,1-2H3,(H,13,15). The predicted octanol–water partition coefficient (Wildman–Crippen LogP) is -1.11. The van der Waals surface area contributed by atoms with Crippen molar-refractivity contribution < 1.29 is 19.7 Å². The number of hydrogen-bond donors (Lipinski definition) is 3. The van der Waals surface area contributed by atoms with Gasteiger partial charge in [-0.15, -0.1) is 0 Å². The topological polar surface area (TPSA) is 105 Å². The van der Waals surface area contributed by atoms with Crippen molar-refractivity contribution in [1.29, 1.82) is 0 Å². The fourth-order valence-electron chi connectivity index (χ4n) is 2.16. The van der Waals surface area contributed by atoms with E-state index in [2.05, 4.69) is 9.97 Å². The lowest BCUT2D eigenvalue weighted by Crippen LogP contribution is -2.34. The zero-order valence-corrected chi connectivity index (χ0v) is 10.2. The molecule has 2 rings (SSSR count). The quantitative estimate of drug-likeness (QED) is 0.633. The number of aliphatic hydroxyl groups is 2. The highest BCUT2D eigenvalue weighted by atomic mass is 16.6. The number of aromatic amines is 1. The van der Waals surface area contributed by atoms with Crippen LogP contribution in [0.2, 0.25) is 0 Å². The van der Waals surface area contributed by atoms with E-state index < -0.39 is 24.4 Å². The number of aryl methyl sites for hydroxylation is 1. The lowest BCUT2D eigenvalue weighted by atomic mass is 10.0. The van der Waals surface area contributed by atoms with Crippen molar-refractivity contribution in [3.05, 3.63) is 27.9 Å². The predicted molar refractivity (Wildman–Crippen MR) is 61.1 cm³/mol. The molecule has 0 aliphatic carbocycles. The fraction of sp³-hybridized carbons (Fsp3) is 0.636. The Morgan fingerprint density at radius 3 is 2.89 bits per heavy atom. The molecule has 1 aliphatic rings. The highest BCUT2D eigenvalue weighted by molar-refractivity contribution is 5.16. The van der Waals surface area contributed by atoms with Crippen LogP contribution in [0.1, 0.15) is 17.5 Å². The molecule has 18 heavy (non-hydrogen) atoms. The molecule has 1 fully saturated rings. The van der Waals surface area contributed by atoms with Crippen LogP contribution in [0.5, 0.6) is 0 Å². The van der Waals surface area contributed by atoms with Gasteiger partial charge in [0.2, 0.25) is 0 Å². The zero-order valence-electron chi connectivity index (χ0n) is 10.2. The van der Waals surface area contributed by atoms with Gasteiger partial charge in [0.05, 0.1) is 18.5 Å². The van der Waals surface area contributed by atoms with Gasteiger partial charge in [0.25, 0.3) is 5.56 Å². The number of hydrogen-bond acceptors (Lipinski definition) is 6. The molecule has 4 atom stereocenters. The number of methoxy groups -OCH3 is 1. The monoisotopic (exact) mass is 256 g/mol. The summed E-state index contributed by atoms with van der Waals surface area (Å²) in [6.45, 7) is 1.39. The minimum Gasteiger partial charge on any atom is -0.394 e. The smallest absolute Gasteiger partial charge is 0.266 e. The lowest BCUT2D eigenvalue weighted by Gasteiger charge is -2.19. The molecule has 0 aromatic carbocycles. The van der Waals surface area contributed by atoms with Crippen LogP contribution in [0.4, 0.5) is 0 Å². The van der Waals surface area contributed by atoms with Crippen LogP contribution in [-0.4, -0.2) is 52.2 Å². The third kappa shape index (κ3) is 2.17. The molecule has 0 radical (unpaired) electrons. The maximum absolute atomic E-state index is 11.1. The van der Waals surface area contributed by atoms with Crippen molar-refractivity contribution in [2.24, 2.45) is 0 Å². The van der Waals surface area contributed by atoms with Gasteiger partial charge >= 0.3 is 0 Å². The average Bonchev–Trinajstić information content (AvgIpc) is 2.65. The molecule has 4 unspecified atom stereocenters. The van der Waals surface area contributed by atoms with Gasteiger partial charge in [-0.1, -0.05) is 0 Å². The Morgan fingerprint density at radius 1 is 1.61 bits per heavy atom. The number of ether oxygens (including phenoxy) is 2. The summed E-state index contributed by atoms with van der Waals surface area (Å²) < 4.78 is 10.7. The highest BCUT2D eigenvalue weighted by Crippen LogP contribution is 2.34. The Kier molecular flexibility index (Phi) is 3.76. The third-order valence-electron chi connectivity index (χ3n) is 3.07. The summed E-state index contributed by atoms with van der Waals surface area (Å²) >= 11 is 0. The molecule has 7 nitrogen and oxygen atoms in total. The summed E-state index contributed by atoms with van der Waals surface area (Å²) in [5.41, 5.74) is 0.749. The van der Waals surface area contributed by atoms with Crippen molar-refractivity contribution in [3.63, 3.8) is 0 Å². The van der Waals surface area contributed by atoms with E-state index in [4.69, 9.17) is 14.6 Å². The molecule has 3 N–H and O–H groups in total. The van der Waals surface area contributed by atoms with Crippen LogP contribution in [0.3, 0.4) is 0 Å². The number of aromatic nitrogens is 2. The molecule has 7 heteroatoms. The third-order valence-corrected chi connectivity index (χ3v) is 3.07. The van der Waals surface area contributed by atoms with Gasteiger partial charge in [0.15, 0.2) is 0 Å². The van der Waals surface area contributed by atoms with E-state index >= 15 is 0 Å². The Bertz CT molecular complexity index is 475. The number of nitrogens with zero attached hydrogens (tertiary/aromatic N) is 1. The van der Waals surface area contributed by atoms with Crippen LogP contribution in [0.25, 0.3) is 0 Å². The van der Waals surface area contributed by atoms with Gasteiger partial charge in [-0.3, -0.25) is 9.78 Å². The molecule has 1 aromatic rings. The number of nitrogens with one attached hydrogen (secondary N) is 1. The fourth-order valence-corrected chi connectivity index (χ4v) is 2.16. The second-order valence-corrected chi connectivity index (χ2v) is 4.23. The van der Waals surface area contributed by atoms with E-state index in [0.717, 1.165) is 6.20 Å². The summed E-state index contributed by atoms with van der Waals surface area (Å²) in [7, 11) is 1.45. The van der Waals surface area contributed by atoms with Crippen molar-refractivity contribution in [1.82, 2.24) is 9.97 Å². The van der Waals surface area contributed by atoms with E-state index in [1.54, 1.807) is 6.92 Å². The molecule has 100 valence electrons. The Morgan fingerprint density at radius 2 is 2.33 bits per heavy atom. The van der Waals surface area contributed by atoms with Crippen LogP contribution < -0.4 is 5.56 Å². The molecule has 1 saturated heterocycles.